The van der Waals surface area contributed by atoms with Gasteiger partial charge in [-0.15, -0.1) is 0 Å². The highest BCUT2D eigenvalue weighted by atomic mass is 35.5. The van der Waals surface area contributed by atoms with Crippen molar-refractivity contribution in [3.63, 3.8) is 0 Å². The van der Waals surface area contributed by atoms with Crippen molar-refractivity contribution in [2.75, 3.05) is 5.73 Å². The first-order valence-corrected chi connectivity index (χ1v) is 5.44. The van der Waals surface area contributed by atoms with Gasteiger partial charge in [0.25, 0.3) is 0 Å². The van der Waals surface area contributed by atoms with Crippen LogP contribution in [0.5, 0.6) is 0 Å². The molecule has 2 aromatic carbocycles. The number of aliphatic hydroxyl groups is 1. The molecule has 0 bridgehead atoms. The van der Waals surface area contributed by atoms with E-state index in [1.807, 2.05) is 0 Å². The monoisotopic (exact) mass is 251 g/mol. The third-order valence-electron chi connectivity index (χ3n) is 2.53. The predicted octanol–water partition coefficient (Wildman–Crippen LogP) is 3.14. The lowest BCUT2D eigenvalue weighted by atomic mass is 10.0. The van der Waals surface area contributed by atoms with Crippen LogP contribution in [0.25, 0.3) is 0 Å². The van der Waals surface area contributed by atoms with Crippen molar-refractivity contribution in [1.29, 1.82) is 0 Å². The predicted molar refractivity (Wildman–Crippen MR) is 66.3 cm³/mol. The highest BCUT2D eigenvalue weighted by Gasteiger charge is 2.13. The summed E-state index contributed by atoms with van der Waals surface area (Å²) in [5.74, 6) is -0.343. The quantitative estimate of drug-likeness (QED) is 0.806. The van der Waals surface area contributed by atoms with Gasteiger partial charge in [-0.2, -0.15) is 0 Å². The zero-order chi connectivity index (χ0) is 12.4. The van der Waals surface area contributed by atoms with Crippen molar-refractivity contribution in [3.8, 4) is 0 Å². The van der Waals surface area contributed by atoms with Gasteiger partial charge in [-0.25, -0.2) is 4.39 Å². The molecule has 2 aromatic rings. The number of hydrogen-bond donors (Lipinski definition) is 2. The minimum atomic E-state index is -0.882. The number of nitrogen functional groups attached to an aromatic ring is 1. The van der Waals surface area contributed by atoms with Gasteiger partial charge in [0.1, 0.15) is 11.9 Å². The zero-order valence-corrected chi connectivity index (χ0v) is 9.66. The van der Waals surface area contributed by atoms with Crippen LogP contribution in [0.3, 0.4) is 0 Å². The van der Waals surface area contributed by atoms with Crippen molar-refractivity contribution >= 4 is 17.3 Å². The average Bonchev–Trinajstić information content (AvgIpc) is 2.29. The first-order valence-electron chi connectivity index (χ1n) is 5.06. The fraction of sp³-hybridized carbons (Fsp3) is 0.0769. The number of rotatable bonds is 2. The van der Waals surface area contributed by atoms with Gasteiger partial charge in [0.2, 0.25) is 0 Å². The number of hydrogen-bond acceptors (Lipinski definition) is 2. The summed E-state index contributed by atoms with van der Waals surface area (Å²) in [6, 6.07) is 10.5. The van der Waals surface area contributed by atoms with E-state index >= 15 is 0 Å². The topological polar surface area (TPSA) is 46.2 Å². The lowest BCUT2D eigenvalue weighted by Crippen LogP contribution is -2.03. The fourth-order valence-electron chi connectivity index (χ4n) is 1.62. The van der Waals surface area contributed by atoms with Crippen LogP contribution in [0.4, 0.5) is 10.1 Å². The molecule has 0 heterocycles. The standard InChI is InChI=1S/C13H11ClFNO/c14-9-3-6-11(12(16)7-9)13(17)8-1-4-10(15)5-2-8/h1-7,13,17H,16H2. The van der Waals surface area contributed by atoms with Gasteiger partial charge >= 0.3 is 0 Å². The Hall–Kier alpha value is -1.58. The van der Waals surface area contributed by atoms with Gasteiger partial charge in [-0.1, -0.05) is 29.8 Å². The Kier molecular flexibility index (Phi) is 3.31. The molecule has 0 spiro atoms. The van der Waals surface area contributed by atoms with Crippen LogP contribution in [-0.2, 0) is 0 Å². The van der Waals surface area contributed by atoms with Crippen LogP contribution in [0.15, 0.2) is 42.5 Å². The highest BCUT2D eigenvalue weighted by Crippen LogP contribution is 2.28. The minimum absolute atomic E-state index is 0.343. The van der Waals surface area contributed by atoms with E-state index in [4.69, 9.17) is 17.3 Å². The van der Waals surface area contributed by atoms with Crippen LogP contribution >= 0.6 is 11.6 Å². The molecule has 17 heavy (non-hydrogen) atoms. The lowest BCUT2D eigenvalue weighted by molar-refractivity contribution is 0.221. The number of halogens is 2. The molecule has 2 nitrogen and oxygen atoms in total. The normalized spacial score (nSPS) is 12.4. The Morgan fingerprint density at radius 1 is 1.12 bits per heavy atom. The molecule has 1 unspecified atom stereocenters. The number of aliphatic hydroxyl groups excluding tert-OH is 1. The van der Waals surface area contributed by atoms with Gasteiger partial charge in [-0.05, 0) is 29.8 Å². The molecule has 0 aliphatic carbocycles. The maximum atomic E-state index is 12.8. The van der Waals surface area contributed by atoms with E-state index in [2.05, 4.69) is 0 Å². The highest BCUT2D eigenvalue weighted by molar-refractivity contribution is 6.30. The Labute approximate surface area is 103 Å². The van der Waals surface area contributed by atoms with Gasteiger partial charge in [0, 0.05) is 16.3 Å². The Morgan fingerprint density at radius 2 is 1.76 bits per heavy atom. The van der Waals surface area contributed by atoms with Crippen LogP contribution in [-0.4, -0.2) is 5.11 Å². The number of nitrogens with two attached hydrogens (primary N) is 1. The first-order chi connectivity index (χ1) is 8.08. The van der Waals surface area contributed by atoms with Crippen LogP contribution in [0.2, 0.25) is 5.02 Å². The molecular weight excluding hydrogens is 241 g/mol. The van der Waals surface area contributed by atoms with E-state index in [1.165, 1.54) is 24.3 Å². The number of anilines is 1. The Balaban J connectivity index is 2.36. The average molecular weight is 252 g/mol. The summed E-state index contributed by atoms with van der Waals surface area (Å²) >= 11 is 5.78. The summed E-state index contributed by atoms with van der Waals surface area (Å²) in [5, 5.41) is 10.6. The van der Waals surface area contributed by atoms with Crippen molar-refractivity contribution in [1.82, 2.24) is 0 Å². The van der Waals surface area contributed by atoms with E-state index in [0.29, 0.717) is 21.8 Å². The molecule has 0 aliphatic rings. The lowest BCUT2D eigenvalue weighted by Gasteiger charge is -2.14. The van der Waals surface area contributed by atoms with Crippen molar-refractivity contribution in [2.24, 2.45) is 0 Å². The van der Waals surface area contributed by atoms with Gasteiger partial charge in [0.05, 0.1) is 0 Å². The summed E-state index contributed by atoms with van der Waals surface area (Å²) < 4.78 is 12.8. The summed E-state index contributed by atoms with van der Waals surface area (Å²) in [6.07, 6.45) is -0.882. The van der Waals surface area contributed by atoms with E-state index in [1.54, 1.807) is 18.2 Å². The molecule has 2 rings (SSSR count). The van der Waals surface area contributed by atoms with E-state index in [-0.39, 0.29) is 5.82 Å². The summed E-state index contributed by atoms with van der Waals surface area (Å²) in [7, 11) is 0. The molecule has 3 N–H and O–H groups in total. The molecule has 1 atom stereocenters. The fourth-order valence-corrected chi connectivity index (χ4v) is 1.80. The molecule has 0 fully saturated rings. The Bertz CT molecular complexity index is 527. The van der Waals surface area contributed by atoms with Crippen molar-refractivity contribution in [3.05, 3.63) is 64.4 Å². The first kappa shape index (κ1) is 11.9. The van der Waals surface area contributed by atoms with Gasteiger partial charge in [0.15, 0.2) is 0 Å². The second-order valence-corrected chi connectivity index (χ2v) is 4.16. The molecule has 0 saturated carbocycles. The van der Waals surface area contributed by atoms with Crippen LogP contribution < -0.4 is 5.73 Å². The third-order valence-corrected chi connectivity index (χ3v) is 2.76. The Morgan fingerprint density at radius 3 is 2.35 bits per heavy atom. The van der Waals surface area contributed by atoms with E-state index < -0.39 is 6.10 Å². The van der Waals surface area contributed by atoms with Crippen molar-refractivity contribution in [2.45, 2.75) is 6.10 Å². The van der Waals surface area contributed by atoms with E-state index in [0.717, 1.165) is 0 Å². The second-order valence-electron chi connectivity index (χ2n) is 3.73. The molecule has 4 heteroatoms. The molecule has 88 valence electrons. The molecule has 0 amide bonds. The summed E-state index contributed by atoms with van der Waals surface area (Å²) in [4.78, 5) is 0. The SMILES string of the molecule is Nc1cc(Cl)ccc1C(O)c1ccc(F)cc1. The molecule has 0 aliphatic heterocycles. The zero-order valence-electron chi connectivity index (χ0n) is 8.90. The largest absolute Gasteiger partial charge is 0.398 e. The molecular formula is C13H11ClFNO. The van der Waals surface area contributed by atoms with Gasteiger partial charge in [-0.3, -0.25) is 0 Å². The second kappa shape index (κ2) is 4.73. The van der Waals surface area contributed by atoms with E-state index in [9.17, 15) is 9.50 Å². The van der Waals surface area contributed by atoms with Crippen LogP contribution in [0, 0.1) is 5.82 Å². The molecule has 0 aromatic heterocycles. The number of benzene rings is 2. The maximum Gasteiger partial charge on any atom is 0.123 e. The molecule has 0 radical (unpaired) electrons. The molecule has 0 saturated heterocycles. The summed E-state index contributed by atoms with van der Waals surface area (Å²) in [6.45, 7) is 0. The third kappa shape index (κ3) is 2.57. The summed E-state index contributed by atoms with van der Waals surface area (Å²) in [5.41, 5.74) is 7.32. The maximum absolute atomic E-state index is 12.8. The van der Waals surface area contributed by atoms with Crippen LogP contribution in [0.1, 0.15) is 17.2 Å². The van der Waals surface area contributed by atoms with Crippen molar-refractivity contribution < 1.29 is 9.50 Å². The smallest absolute Gasteiger partial charge is 0.123 e. The minimum Gasteiger partial charge on any atom is -0.398 e. The van der Waals surface area contributed by atoms with Gasteiger partial charge < -0.3 is 10.8 Å².